The summed E-state index contributed by atoms with van der Waals surface area (Å²) in [6.45, 7) is 0. The predicted molar refractivity (Wildman–Crippen MR) is 60.3 cm³/mol. The van der Waals surface area contributed by atoms with Gasteiger partial charge in [-0.3, -0.25) is 0 Å². The Morgan fingerprint density at radius 2 is 2.14 bits per heavy atom. The van der Waals surface area contributed by atoms with Crippen LogP contribution in [0.2, 0.25) is 0 Å². The van der Waals surface area contributed by atoms with Crippen molar-refractivity contribution in [1.29, 1.82) is 0 Å². The van der Waals surface area contributed by atoms with Crippen molar-refractivity contribution >= 4 is 15.9 Å². The first kappa shape index (κ1) is 9.99. The lowest BCUT2D eigenvalue weighted by atomic mass is 10.0. The fraction of sp³-hybridized carbons (Fsp3) is 0.455. The van der Waals surface area contributed by atoms with Gasteiger partial charge in [-0.1, -0.05) is 15.9 Å². The van der Waals surface area contributed by atoms with Crippen molar-refractivity contribution in [2.24, 2.45) is 5.73 Å². The third-order valence-electron chi connectivity index (χ3n) is 2.83. The van der Waals surface area contributed by atoms with Gasteiger partial charge in [0.1, 0.15) is 5.75 Å². The number of aromatic hydroxyl groups is 1. The number of nitrogens with two attached hydrogens (primary N) is 1. The highest BCUT2D eigenvalue weighted by molar-refractivity contribution is 9.10. The molecule has 2 nitrogen and oxygen atoms in total. The number of halogens is 1. The molecule has 76 valence electrons. The lowest BCUT2D eigenvalue weighted by Crippen LogP contribution is -2.22. The van der Waals surface area contributed by atoms with Crippen LogP contribution in [-0.4, -0.2) is 10.6 Å². The fourth-order valence-electron chi connectivity index (χ4n) is 1.55. The number of hydrogen-bond donors (Lipinski definition) is 2. The van der Waals surface area contributed by atoms with Crippen molar-refractivity contribution in [3.05, 3.63) is 28.2 Å². The van der Waals surface area contributed by atoms with Gasteiger partial charge in [-0.2, -0.15) is 0 Å². The molecule has 14 heavy (non-hydrogen) atoms. The summed E-state index contributed by atoms with van der Waals surface area (Å²) in [7, 11) is 0. The summed E-state index contributed by atoms with van der Waals surface area (Å²) >= 11 is 3.39. The van der Waals surface area contributed by atoms with Gasteiger partial charge in [0, 0.05) is 10.0 Å². The van der Waals surface area contributed by atoms with E-state index in [0.717, 1.165) is 35.7 Å². The van der Waals surface area contributed by atoms with Gasteiger partial charge < -0.3 is 10.8 Å². The number of hydrogen-bond acceptors (Lipinski definition) is 2. The van der Waals surface area contributed by atoms with E-state index in [1.807, 2.05) is 12.1 Å². The van der Waals surface area contributed by atoms with Crippen LogP contribution in [0.3, 0.4) is 0 Å². The first-order valence-electron chi connectivity index (χ1n) is 4.85. The Bertz CT molecular complexity index is 347. The number of aryl methyl sites for hydroxylation is 1. The summed E-state index contributed by atoms with van der Waals surface area (Å²) in [4.78, 5) is 0. The molecule has 3 heteroatoms. The lowest BCUT2D eigenvalue weighted by Gasteiger charge is -2.09. The maximum Gasteiger partial charge on any atom is 0.118 e. The van der Waals surface area contributed by atoms with Crippen LogP contribution in [-0.2, 0) is 6.42 Å². The van der Waals surface area contributed by atoms with Crippen LogP contribution in [0.1, 0.15) is 24.8 Å². The van der Waals surface area contributed by atoms with Gasteiger partial charge in [-0.05, 0) is 49.4 Å². The van der Waals surface area contributed by atoms with E-state index < -0.39 is 0 Å². The first-order chi connectivity index (χ1) is 6.59. The highest BCUT2D eigenvalue weighted by atomic mass is 79.9. The quantitative estimate of drug-likeness (QED) is 0.873. The molecule has 1 aliphatic rings. The molecule has 0 heterocycles. The molecule has 1 aromatic rings. The van der Waals surface area contributed by atoms with Gasteiger partial charge >= 0.3 is 0 Å². The molecule has 1 saturated carbocycles. The topological polar surface area (TPSA) is 46.2 Å². The highest BCUT2D eigenvalue weighted by Crippen LogP contribution is 2.37. The Labute approximate surface area is 92.3 Å². The van der Waals surface area contributed by atoms with Gasteiger partial charge in [0.05, 0.1) is 0 Å². The maximum atomic E-state index is 9.59. The normalized spacial score (nSPS) is 18.1. The van der Waals surface area contributed by atoms with Crippen molar-refractivity contribution in [2.75, 3.05) is 0 Å². The van der Waals surface area contributed by atoms with Crippen molar-refractivity contribution in [3.8, 4) is 5.75 Å². The monoisotopic (exact) mass is 255 g/mol. The molecule has 1 fully saturated rings. The Hall–Kier alpha value is -0.540. The van der Waals surface area contributed by atoms with Crippen LogP contribution < -0.4 is 5.73 Å². The average molecular weight is 256 g/mol. The zero-order valence-corrected chi connectivity index (χ0v) is 9.55. The number of rotatable bonds is 3. The predicted octanol–water partition coefficient (Wildman–Crippen LogP) is 2.58. The third-order valence-corrected chi connectivity index (χ3v) is 3.32. The highest BCUT2D eigenvalue weighted by Gasteiger charge is 2.37. The minimum atomic E-state index is 0.0642. The average Bonchev–Trinajstić information content (AvgIpc) is 2.87. The van der Waals surface area contributed by atoms with Gasteiger partial charge in [-0.25, -0.2) is 0 Å². The van der Waals surface area contributed by atoms with Crippen molar-refractivity contribution < 1.29 is 5.11 Å². The van der Waals surface area contributed by atoms with E-state index in [1.54, 1.807) is 6.07 Å². The Balaban J connectivity index is 2.04. The third kappa shape index (κ3) is 2.28. The Morgan fingerprint density at radius 1 is 1.43 bits per heavy atom. The van der Waals surface area contributed by atoms with Crippen molar-refractivity contribution in [3.63, 3.8) is 0 Å². The van der Waals surface area contributed by atoms with E-state index in [9.17, 15) is 5.11 Å². The Morgan fingerprint density at radius 3 is 2.79 bits per heavy atom. The molecular weight excluding hydrogens is 242 g/mol. The van der Waals surface area contributed by atoms with E-state index >= 15 is 0 Å². The van der Waals surface area contributed by atoms with E-state index in [2.05, 4.69) is 15.9 Å². The van der Waals surface area contributed by atoms with Crippen LogP contribution in [0.5, 0.6) is 5.75 Å². The molecule has 0 bridgehead atoms. The van der Waals surface area contributed by atoms with Crippen LogP contribution >= 0.6 is 15.9 Å². The second kappa shape index (κ2) is 3.55. The smallest absolute Gasteiger partial charge is 0.118 e. The summed E-state index contributed by atoms with van der Waals surface area (Å²) in [6, 6.07) is 5.52. The molecule has 1 aliphatic carbocycles. The minimum Gasteiger partial charge on any atom is -0.508 e. The molecule has 2 rings (SSSR count). The molecule has 0 spiro atoms. The van der Waals surface area contributed by atoms with Gasteiger partial charge in [0.15, 0.2) is 0 Å². The largest absolute Gasteiger partial charge is 0.508 e. The van der Waals surface area contributed by atoms with Gasteiger partial charge in [0.25, 0.3) is 0 Å². The lowest BCUT2D eigenvalue weighted by molar-refractivity contribution is 0.464. The fourth-order valence-corrected chi connectivity index (χ4v) is 1.96. The van der Waals surface area contributed by atoms with Crippen LogP contribution in [0, 0.1) is 0 Å². The number of phenolic OH excluding ortho intramolecular Hbond substituents is 1. The van der Waals surface area contributed by atoms with Crippen molar-refractivity contribution in [1.82, 2.24) is 0 Å². The second-order valence-corrected chi connectivity index (χ2v) is 5.05. The molecule has 0 radical (unpaired) electrons. The number of benzene rings is 1. The summed E-state index contributed by atoms with van der Waals surface area (Å²) in [6.07, 6.45) is 4.09. The molecular formula is C11H14BrNO. The molecule has 0 unspecified atom stereocenters. The molecule has 0 saturated heterocycles. The summed E-state index contributed by atoms with van der Waals surface area (Å²) in [5, 5.41) is 9.59. The van der Waals surface area contributed by atoms with E-state index in [4.69, 9.17) is 5.73 Å². The molecule has 3 N–H and O–H groups in total. The zero-order chi connectivity index (χ0) is 10.2. The van der Waals surface area contributed by atoms with E-state index in [-0.39, 0.29) is 5.54 Å². The number of phenols is 1. The first-order valence-corrected chi connectivity index (χ1v) is 5.65. The van der Waals surface area contributed by atoms with E-state index in [0.29, 0.717) is 5.75 Å². The molecule has 0 amide bonds. The van der Waals surface area contributed by atoms with Crippen LogP contribution in [0.15, 0.2) is 22.7 Å². The second-order valence-electron chi connectivity index (χ2n) is 4.14. The standard InChI is InChI=1S/C11H14BrNO/c12-9-1-2-10(14)8(7-9)3-4-11(13)5-6-11/h1-2,7,14H,3-6,13H2. The van der Waals surface area contributed by atoms with Crippen LogP contribution in [0.4, 0.5) is 0 Å². The minimum absolute atomic E-state index is 0.0642. The van der Waals surface area contributed by atoms with Crippen molar-refractivity contribution in [2.45, 2.75) is 31.2 Å². The molecule has 0 aliphatic heterocycles. The molecule has 1 aromatic carbocycles. The molecule has 0 atom stereocenters. The van der Waals surface area contributed by atoms with Gasteiger partial charge in [-0.15, -0.1) is 0 Å². The van der Waals surface area contributed by atoms with Crippen LogP contribution in [0.25, 0.3) is 0 Å². The summed E-state index contributed by atoms with van der Waals surface area (Å²) in [5.74, 6) is 0.373. The molecule has 0 aromatic heterocycles. The summed E-state index contributed by atoms with van der Waals surface area (Å²) in [5.41, 5.74) is 7.04. The van der Waals surface area contributed by atoms with Gasteiger partial charge in [0.2, 0.25) is 0 Å². The zero-order valence-electron chi connectivity index (χ0n) is 7.96. The Kier molecular flexibility index (Phi) is 2.54. The van der Waals surface area contributed by atoms with E-state index in [1.165, 1.54) is 0 Å². The SMILES string of the molecule is NC1(CCc2cc(Br)ccc2O)CC1. The maximum absolute atomic E-state index is 9.59. The summed E-state index contributed by atoms with van der Waals surface area (Å²) < 4.78 is 1.01.